The highest BCUT2D eigenvalue weighted by Crippen LogP contribution is 2.02. The number of aliphatic hydroxyl groups is 1. The molecule has 0 aliphatic heterocycles. The molecule has 66 valence electrons. The largest absolute Gasteiger partial charge is 0.465 e. The van der Waals surface area contributed by atoms with Gasteiger partial charge in [0.1, 0.15) is 6.61 Å². The summed E-state index contributed by atoms with van der Waals surface area (Å²) in [5, 5.41) is 9.12. The number of rotatable bonds is 7. The fourth-order valence-electron chi connectivity index (χ4n) is 0.864. The van der Waals surface area contributed by atoms with Gasteiger partial charge in [0, 0.05) is 0 Å². The Morgan fingerprint density at radius 3 is 2.82 bits per heavy atom. The van der Waals surface area contributed by atoms with Gasteiger partial charge in [-0.25, -0.2) is 0 Å². The Labute approximate surface area is 67.4 Å². The van der Waals surface area contributed by atoms with Crippen LogP contribution in [0.15, 0.2) is 0 Å². The van der Waals surface area contributed by atoms with E-state index >= 15 is 0 Å². The van der Waals surface area contributed by atoms with Gasteiger partial charge in [-0.3, -0.25) is 4.79 Å². The zero-order chi connectivity index (χ0) is 8.53. The quantitative estimate of drug-likeness (QED) is 0.448. The smallest absolute Gasteiger partial charge is 0.293 e. The monoisotopic (exact) mass is 160 g/mol. The first-order valence-corrected chi connectivity index (χ1v) is 4.04. The molecule has 0 rings (SSSR count). The first kappa shape index (κ1) is 10.4. The number of hydrogen-bond acceptors (Lipinski definition) is 3. The third kappa shape index (κ3) is 7.33. The second-order valence-corrected chi connectivity index (χ2v) is 2.58. The molecule has 0 aliphatic carbocycles. The van der Waals surface area contributed by atoms with Crippen molar-refractivity contribution in [3.63, 3.8) is 0 Å². The Morgan fingerprint density at radius 2 is 2.27 bits per heavy atom. The molecule has 11 heavy (non-hydrogen) atoms. The average molecular weight is 160 g/mol. The Bertz CT molecular complexity index is 93.3. The molecule has 0 fully saturated rings. The van der Waals surface area contributed by atoms with Gasteiger partial charge in [0.25, 0.3) is 6.47 Å². The van der Waals surface area contributed by atoms with Crippen molar-refractivity contribution in [2.24, 2.45) is 0 Å². The molecule has 0 spiro atoms. The topological polar surface area (TPSA) is 46.5 Å². The highest BCUT2D eigenvalue weighted by atomic mass is 16.5. The lowest BCUT2D eigenvalue weighted by Gasteiger charge is -2.07. The lowest BCUT2D eigenvalue weighted by Crippen LogP contribution is -2.14. The molecule has 1 unspecified atom stereocenters. The van der Waals surface area contributed by atoms with Crippen molar-refractivity contribution in [3.05, 3.63) is 0 Å². The molecule has 0 aromatic carbocycles. The maximum absolute atomic E-state index is 9.71. The van der Waals surface area contributed by atoms with Crippen molar-refractivity contribution >= 4 is 6.47 Å². The molecular formula is C8H16O3. The maximum atomic E-state index is 9.71. The van der Waals surface area contributed by atoms with Gasteiger partial charge >= 0.3 is 0 Å². The highest BCUT2D eigenvalue weighted by molar-refractivity contribution is 5.36. The Morgan fingerprint density at radius 1 is 1.55 bits per heavy atom. The van der Waals surface area contributed by atoms with Gasteiger partial charge < -0.3 is 9.84 Å². The zero-order valence-electron chi connectivity index (χ0n) is 6.95. The number of unbranched alkanes of at least 4 members (excludes halogenated alkanes) is 2. The van der Waals surface area contributed by atoms with Crippen LogP contribution in [0.5, 0.6) is 0 Å². The normalized spacial score (nSPS) is 12.5. The summed E-state index contributed by atoms with van der Waals surface area (Å²) < 4.78 is 4.40. The standard InChI is InChI=1S/C8H16O3/c1-2-3-4-5-8(10)6-11-7-9/h7-8,10H,2-6H2,1H3. The van der Waals surface area contributed by atoms with Gasteiger partial charge in [-0.1, -0.05) is 26.2 Å². The molecule has 0 saturated heterocycles. The molecule has 0 radical (unpaired) electrons. The Balaban J connectivity index is 3.08. The minimum Gasteiger partial charge on any atom is -0.465 e. The molecule has 3 heteroatoms. The molecule has 1 atom stereocenters. The second-order valence-electron chi connectivity index (χ2n) is 2.58. The number of carbonyl (C=O) groups is 1. The third-order valence-electron chi connectivity index (χ3n) is 1.50. The van der Waals surface area contributed by atoms with Crippen LogP contribution in [-0.4, -0.2) is 24.3 Å². The first-order valence-electron chi connectivity index (χ1n) is 4.04. The van der Waals surface area contributed by atoms with Gasteiger partial charge in [-0.05, 0) is 6.42 Å². The van der Waals surface area contributed by atoms with Gasteiger partial charge in [-0.2, -0.15) is 0 Å². The molecular weight excluding hydrogens is 144 g/mol. The SMILES string of the molecule is CCCCCC(O)COC=O. The fraction of sp³-hybridized carbons (Fsp3) is 0.875. The van der Waals surface area contributed by atoms with Crippen LogP contribution in [0.25, 0.3) is 0 Å². The second kappa shape index (κ2) is 7.54. The zero-order valence-corrected chi connectivity index (χ0v) is 6.95. The Hall–Kier alpha value is -0.570. The summed E-state index contributed by atoms with van der Waals surface area (Å²) in [6.45, 7) is 2.60. The van der Waals surface area contributed by atoms with E-state index in [0.717, 1.165) is 25.7 Å². The molecule has 3 nitrogen and oxygen atoms in total. The lowest BCUT2D eigenvalue weighted by atomic mass is 10.1. The number of aliphatic hydroxyl groups excluding tert-OH is 1. The molecule has 0 aliphatic rings. The predicted octanol–water partition coefficient (Wildman–Crippen LogP) is 1.10. The van der Waals surface area contributed by atoms with E-state index in [-0.39, 0.29) is 6.61 Å². The van der Waals surface area contributed by atoms with E-state index in [0.29, 0.717) is 6.47 Å². The molecule has 0 saturated carbocycles. The van der Waals surface area contributed by atoms with E-state index in [1.807, 2.05) is 0 Å². The minimum atomic E-state index is -0.480. The van der Waals surface area contributed by atoms with Crippen LogP contribution in [0.1, 0.15) is 32.6 Å². The van der Waals surface area contributed by atoms with Crippen LogP contribution >= 0.6 is 0 Å². The van der Waals surface area contributed by atoms with E-state index < -0.39 is 6.10 Å². The highest BCUT2D eigenvalue weighted by Gasteiger charge is 2.02. The van der Waals surface area contributed by atoms with Crippen molar-refractivity contribution in [1.82, 2.24) is 0 Å². The fourth-order valence-corrected chi connectivity index (χ4v) is 0.864. The summed E-state index contributed by atoms with van der Waals surface area (Å²) in [7, 11) is 0. The summed E-state index contributed by atoms with van der Waals surface area (Å²) in [6.07, 6.45) is 3.51. The van der Waals surface area contributed by atoms with E-state index in [4.69, 9.17) is 5.11 Å². The van der Waals surface area contributed by atoms with Crippen LogP contribution < -0.4 is 0 Å². The van der Waals surface area contributed by atoms with Crippen LogP contribution in [0, 0.1) is 0 Å². The molecule has 0 aromatic heterocycles. The van der Waals surface area contributed by atoms with Crippen molar-refractivity contribution in [3.8, 4) is 0 Å². The molecule has 0 aromatic rings. The molecule has 1 N–H and O–H groups in total. The van der Waals surface area contributed by atoms with E-state index in [2.05, 4.69) is 11.7 Å². The third-order valence-corrected chi connectivity index (χ3v) is 1.50. The Kier molecular flexibility index (Phi) is 7.15. The summed E-state index contributed by atoms with van der Waals surface area (Å²) in [5.41, 5.74) is 0. The number of hydrogen-bond donors (Lipinski definition) is 1. The van der Waals surface area contributed by atoms with Gasteiger partial charge in [0.15, 0.2) is 0 Å². The summed E-state index contributed by atoms with van der Waals surface area (Å²) in [5.74, 6) is 0. The summed E-state index contributed by atoms with van der Waals surface area (Å²) >= 11 is 0. The van der Waals surface area contributed by atoms with Crippen LogP contribution in [0.2, 0.25) is 0 Å². The van der Waals surface area contributed by atoms with E-state index in [1.54, 1.807) is 0 Å². The van der Waals surface area contributed by atoms with Crippen molar-refractivity contribution in [2.45, 2.75) is 38.7 Å². The van der Waals surface area contributed by atoms with Crippen molar-refractivity contribution in [2.75, 3.05) is 6.61 Å². The van der Waals surface area contributed by atoms with Crippen LogP contribution in [0.3, 0.4) is 0 Å². The molecule has 0 bridgehead atoms. The van der Waals surface area contributed by atoms with Gasteiger partial charge in [0.05, 0.1) is 6.10 Å². The van der Waals surface area contributed by atoms with Gasteiger partial charge in [0.2, 0.25) is 0 Å². The van der Waals surface area contributed by atoms with E-state index in [1.165, 1.54) is 0 Å². The molecule has 0 amide bonds. The number of ether oxygens (including phenoxy) is 1. The van der Waals surface area contributed by atoms with Crippen molar-refractivity contribution < 1.29 is 14.6 Å². The van der Waals surface area contributed by atoms with Gasteiger partial charge in [-0.15, -0.1) is 0 Å². The first-order chi connectivity index (χ1) is 5.31. The van der Waals surface area contributed by atoms with E-state index in [9.17, 15) is 4.79 Å². The van der Waals surface area contributed by atoms with Crippen LogP contribution in [0.4, 0.5) is 0 Å². The van der Waals surface area contributed by atoms with Crippen molar-refractivity contribution in [1.29, 1.82) is 0 Å². The maximum Gasteiger partial charge on any atom is 0.293 e. The number of carbonyl (C=O) groups excluding carboxylic acids is 1. The van der Waals surface area contributed by atoms with Crippen LogP contribution in [-0.2, 0) is 9.53 Å². The average Bonchev–Trinajstić information content (AvgIpc) is 2.01. The minimum absolute atomic E-state index is 0.132. The molecule has 0 heterocycles. The summed E-state index contributed by atoms with van der Waals surface area (Å²) in [4.78, 5) is 9.71. The predicted molar refractivity (Wildman–Crippen MR) is 42.2 cm³/mol. The summed E-state index contributed by atoms with van der Waals surface area (Å²) in [6, 6.07) is 0. The lowest BCUT2D eigenvalue weighted by molar-refractivity contribution is -0.131.